The lowest BCUT2D eigenvalue weighted by Crippen LogP contribution is -2.49. The predicted octanol–water partition coefficient (Wildman–Crippen LogP) is 2.32. The van der Waals surface area contributed by atoms with E-state index < -0.39 is 6.04 Å². The zero-order valence-corrected chi connectivity index (χ0v) is 14.4. The molecule has 0 bridgehead atoms. The van der Waals surface area contributed by atoms with Gasteiger partial charge in [-0.1, -0.05) is 23.4 Å². The summed E-state index contributed by atoms with van der Waals surface area (Å²) in [5.74, 6) is 0.654. The maximum absolute atomic E-state index is 12.8. The molecule has 1 aliphatic rings. The maximum atomic E-state index is 12.8. The summed E-state index contributed by atoms with van der Waals surface area (Å²) in [5.41, 5.74) is 1.52. The number of benzene rings is 1. The van der Waals surface area contributed by atoms with E-state index in [0.717, 1.165) is 5.69 Å². The number of hydrogen-bond donors (Lipinski definition) is 1. The van der Waals surface area contributed by atoms with Crippen molar-refractivity contribution in [2.75, 3.05) is 18.0 Å². The number of nitrogens with zero attached hydrogens (tertiary/aromatic N) is 3. The number of nitrogens with one attached hydrogen (secondary N) is 1. The van der Waals surface area contributed by atoms with Gasteiger partial charge in [-0.3, -0.25) is 4.79 Å². The smallest absolute Gasteiger partial charge is 0.318 e. The van der Waals surface area contributed by atoms with Gasteiger partial charge in [0.2, 0.25) is 5.91 Å². The standard InChI is InChI=1S/C18H22N4O3/c1-3-21(18(24)19-12-14-11-13(2)25-20-14)16-9-10-22(17(16)23)15-7-5-4-6-8-15/h4-8,11,16H,3,9-10,12H2,1-2H3,(H,19,24)/t16-/m1/s1. The quantitative estimate of drug-likeness (QED) is 0.904. The molecule has 1 aliphatic heterocycles. The Balaban J connectivity index is 1.64. The molecule has 132 valence electrons. The Hall–Kier alpha value is -2.83. The predicted molar refractivity (Wildman–Crippen MR) is 93.1 cm³/mol. The molecule has 2 aromatic rings. The van der Waals surface area contributed by atoms with Gasteiger partial charge >= 0.3 is 6.03 Å². The first-order valence-corrected chi connectivity index (χ1v) is 8.43. The Kier molecular flexibility index (Phi) is 5.02. The molecule has 3 rings (SSSR count). The van der Waals surface area contributed by atoms with Crippen molar-refractivity contribution in [2.24, 2.45) is 0 Å². The van der Waals surface area contributed by atoms with Crippen LogP contribution in [-0.4, -0.2) is 41.1 Å². The number of urea groups is 1. The van der Waals surface area contributed by atoms with Crippen molar-refractivity contribution in [2.45, 2.75) is 32.9 Å². The summed E-state index contributed by atoms with van der Waals surface area (Å²) in [6.07, 6.45) is 0.623. The highest BCUT2D eigenvalue weighted by Crippen LogP contribution is 2.24. The average molecular weight is 342 g/mol. The van der Waals surface area contributed by atoms with Crippen molar-refractivity contribution in [3.05, 3.63) is 47.9 Å². The van der Waals surface area contributed by atoms with E-state index in [1.165, 1.54) is 0 Å². The van der Waals surface area contributed by atoms with Crippen LogP contribution in [0, 0.1) is 6.92 Å². The van der Waals surface area contributed by atoms with Crippen LogP contribution in [0.2, 0.25) is 0 Å². The molecular weight excluding hydrogens is 320 g/mol. The Bertz CT molecular complexity index is 744. The van der Waals surface area contributed by atoms with E-state index in [0.29, 0.717) is 31.0 Å². The third kappa shape index (κ3) is 3.65. The van der Waals surface area contributed by atoms with Gasteiger partial charge in [0.05, 0.1) is 6.54 Å². The van der Waals surface area contributed by atoms with Crippen LogP contribution in [0.3, 0.4) is 0 Å². The van der Waals surface area contributed by atoms with E-state index in [1.807, 2.05) is 37.3 Å². The second-order valence-corrected chi connectivity index (χ2v) is 6.00. The molecule has 7 nitrogen and oxygen atoms in total. The molecule has 1 aromatic heterocycles. The van der Waals surface area contributed by atoms with Gasteiger partial charge in [0.1, 0.15) is 17.5 Å². The van der Waals surface area contributed by atoms with Crippen LogP contribution in [0.4, 0.5) is 10.5 Å². The third-order valence-corrected chi connectivity index (χ3v) is 4.32. The van der Waals surface area contributed by atoms with Gasteiger partial charge in [-0.2, -0.15) is 0 Å². The van der Waals surface area contributed by atoms with Crippen LogP contribution in [0.25, 0.3) is 0 Å². The molecule has 1 N–H and O–H groups in total. The summed E-state index contributed by atoms with van der Waals surface area (Å²) >= 11 is 0. The molecule has 1 saturated heterocycles. The van der Waals surface area contributed by atoms with Crippen LogP contribution in [-0.2, 0) is 11.3 Å². The maximum Gasteiger partial charge on any atom is 0.318 e. The van der Waals surface area contributed by atoms with E-state index in [1.54, 1.807) is 22.8 Å². The lowest BCUT2D eigenvalue weighted by molar-refractivity contribution is -0.120. The van der Waals surface area contributed by atoms with Gasteiger partial charge < -0.3 is 19.6 Å². The Morgan fingerprint density at radius 1 is 1.40 bits per heavy atom. The van der Waals surface area contributed by atoms with Crippen LogP contribution in [0.15, 0.2) is 40.9 Å². The van der Waals surface area contributed by atoms with Gasteiger partial charge in [0.15, 0.2) is 0 Å². The van der Waals surface area contributed by atoms with Crippen LogP contribution in [0.5, 0.6) is 0 Å². The van der Waals surface area contributed by atoms with Crippen molar-refractivity contribution < 1.29 is 14.1 Å². The van der Waals surface area contributed by atoms with Gasteiger partial charge in [-0.15, -0.1) is 0 Å². The third-order valence-electron chi connectivity index (χ3n) is 4.32. The number of para-hydroxylation sites is 1. The van der Waals surface area contributed by atoms with E-state index in [4.69, 9.17) is 4.52 Å². The number of carbonyl (C=O) groups excluding carboxylic acids is 2. The molecule has 7 heteroatoms. The second-order valence-electron chi connectivity index (χ2n) is 6.00. The number of anilines is 1. The number of aryl methyl sites for hydroxylation is 1. The number of aromatic nitrogens is 1. The summed E-state index contributed by atoms with van der Waals surface area (Å²) in [6.45, 7) is 5.02. The van der Waals surface area contributed by atoms with Gasteiger partial charge in [-0.05, 0) is 32.4 Å². The second kappa shape index (κ2) is 7.38. The molecule has 0 aliphatic carbocycles. The lowest BCUT2D eigenvalue weighted by Gasteiger charge is -2.27. The zero-order chi connectivity index (χ0) is 17.8. The van der Waals surface area contributed by atoms with Crippen molar-refractivity contribution in [3.8, 4) is 0 Å². The molecule has 0 spiro atoms. The molecule has 0 saturated carbocycles. The average Bonchev–Trinajstić information content (AvgIpc) is 3.21. The first-order valence-electron chi connectivity index (χ1n) is 8.43. The van der Waals surface area contributed by atoms with Gasteiger partial charge in [0.25, 0.3) is 0 Å². The summed E-state index contributed by atoms with van der Waals surface area (Å²) in [4.78, 5) is 28.6. The Morgan fingerprint density at radius 3 is 2.80 bits per heavy atom. The molecule has 1 atom stereocenters. The Labute approximate surface area is 146 Å². The SMILES string of the molecule is CCN(C(=O)NCc1cc(C)on1)[C@@H]1CCN(c2ccccc2)C1=O. The minimum absolute atomic E-state index is 0.0412. The zero-order valence-electron chi connectivity index (χ0n) is 14.4. The van der Waals surface area contributed by atoms with E-state index in [-0.39, 0.29) is 18.5 Å². The van der Waals surface area contributed by atoms with Crippen molar-refractivity contribution >= 4 is 17.6 Å². The molecular formula is C18H22N4O3. The highest BCUT2D eigenvalue weighted by atomic mass is 16.5. The molecule has 25 heavy (non-hydrogen) atoms. The highest BCUT2D eigenvalue weighted by Gasteiger charge is 2.38. The molecule has 2 heterocycles. The van der Waals surface area contributed by atoms with E-state index in [2.05, 4.69) is 10.5 Å². The number of amides is 3. The molecule has 1 aromatic carbocycles. The fourth-order valence-corrected chi connectivity index (χ4v) is 3.09. The number of likely N-dealkylation sites (N-methyl/N-ethyl adjacent to an activating group) is 1. The minimum atomic E-state index is -0.441. The van der Waals surface area contributed by atoms with Crippen LogP contribution in [0.1, 0.15) is 24.8 Å². The molecule has 1 fully saturated rings. The fourth-order valence-electron chi connectivity index (χ4n) is 3.09. The normalized spacial score (nSPS) is 17.0. The van der Waals surface area contributed by atoms with E-state index in [9.17, 15) is 9.59 Å². The summed E-state index contributed by atoms with van der Waals surface area (Å²) in [7, 11) is 0. The number of rotatable bonds is 5. The monoisotopic (exact) mass is 342 g/mol. The molecule has 0 radical (unpaired) electrons. The summed E-state index contributed by atoms with van der Waals surface area (Å²) in [6, 6.07) is 10.6. The Morgan fingerprint density at radius 2 is 2.16 bits per heavy atom. The van der Waals surface area contributed by atoms with Crippen LogP contribution >= 0.6 is 0 Å². The largest absolute Gasteiger partial charge is 0.361 e. The van der Waals surface area contributed by atoms with Crippen LogP contribution < -0.4 is 10.2 Å². The molecule has 3 amide bonds. The van der Waals surface area contributed by atoms with Crippen molar-refractivity contribution in [1.82, 2.24) is 15.4 Å². The van der Waals surface area contributed by atoms with Crippen molar-refractivity contribution in [3.63, 3.8) is 0 Å². The van der Waals surface area contributed by atoms with Gasteiger partial charge in [0, 0.05) is 24.8 Å². The number of hydrogen-bond acceptors (Lipinski definition) is 4. The highest BCUT2D eigenvalue weighted by molar-refractivity contribution is 6.01. The summed E-state index contributed by atoms with van der Waals surface area (Å²) < 4.78 is 4.99. The van der Waals surface area contributed by atoms with Gasteiger partial charge in [-0.25, -0.2) is 4.79 Å². The van der Waals surface area contributed by atoms with E-state index >= 15 is 0 Å². The number of carbonyl (C=O) groups is 2. The van der Waals surface area contributed by atoms with Crippen molar-refractivity contribution in [1.29, 1.82) is 0 Å². The topological polar surface area (TPSA) is 78.7 Å². The summed E-state index contributed by atoms with van der Waals surface area (Å²) in [5, 5.41) is 6.66. The first kappa shape index (κ1) is 17.0. The first-order chi connectivity index (χ1) is 12.1. The fraction of sp³-hybridized carbons (Fsp3) is 0.389. The molecule has 0 unspecified atom stereocenters. The minimum Gasteiger partial charge on any atom is -0.361 e. The lowest BCUT2D eigenvalue weighted by atomic mass is 10.2.